The predicted molar refractivity (Wildman–Crippen MR) is 90.8 cm³/mol. The van der Waals surface area contributed by atoms with Crippen LogP contribution < -0.4 is 9.47 Å². The summed E-state index contributed by atoms with van der Waals surface area (Å²) in [5.41, 5.74) is 0.300. The van der Waals surface area contributed by atoms with E-state index in [4.69, 9.17) is 14.2 Å². The molecule has 2 aromatic rings. The largest absolute Gasteiger partial charge is 0.493 e. The van der Waals surface area contributed by atoms with Gasteiger partial charge in [0.25, 0.3) is 0 Å². The number of halogens is 1. The summed E-state index contributed by atoms with van der Waals surface area (Å²) in [6.07, 6.45) is 0. The van der Waals surface area contributed by atoms with Crippen LogP contribution in [0.3, 0.4) is 0 Å². The number of Topliss-reactive ketones (excluding diaryl/α,β-unsaturated/α-hetero) is 1. The van der Waals surface area contributed by atoms with Crippen LogP contribution >= 0.6 is 27.3 Å². The Labute approximate surface area is 146 Å². The van der Waals surface area contributed by atoms with Gasteiger partial charge in [0.05, 0.1) is 27.9 Å². The summed E-state index contributed by atoms with van der Waals surface area (Å²) in [4.78, 5) is 24.5. The van der Waals surface area contributed by atoms with Gasteiger partial charge in [-0.05, 0) is 53.2 Å². The Morgan fingerprint density at radius 1 is 1.17 bits per heavy atom. The van der Waals surface area contributed by atoms with E-state index in [-0.39, 0.29) is 12.4 Å². The molecule has 1 aromatic heterocycles. The lowest BCUT2D eigenvalue weighted by atomic mass is 10.2. The maximum absolute atomic E-state index is 12.1. The minimum Gasteiger partial charge on any atom is -0.493 e. The average Bonchev–Trinajstić information content (AvgIpc) is 2.99. The molecule has 122 valence electrons. The Morgan fingerprint density at radius 3 is 2.57 bits per heavy atom. The standard InChI is InChI=1S/C16H15BrO5S/c1-3-21-13-8-10(4-5-12(13)20-2)16(19)22-9-11(18)14-6-7-15(17)23-14/h4-8H,3,9H2,1-2H3. The second-order valence-corrected chi connectivity index (χ2v) is 6.86. The van der Waals surface area contributed by atoms with E-state index < -0.39 is 5.97 Å². The Bertz CT molecular complexity index is 710. The molecule has 0 aliphatic carbocycles. The third-order valence-electron chi connectivity index (χ3n) is 2.88. The molecule has 0 unspecified atom stereocenters. The highest BCUT2D eigenvalue weighted by Crippen LogP contribution is 2.28. The van der Waals surface area contributed by atoms with Crippen LogP contribution in [0.4, 0.5) is 0 Å². The van der Waals surface area contributed by atoms with Gasteiger partial charge in [-0.25, -0.2) is 4.79 Å². The summed E-state index contributed by atoms with van der Waals surface area (Å²) in [6, 6.07) is 8.19. The summed E-state index contributed by atoms with van der Waals surface area (Å²) in [6.45, 7) is 1.98. The molecule has 0 spiro atoms. The van der Waals surface area contributed by atoms with Crippen molar-refractivity contribution in [2.45, 2.75) is 6.92 Å². The number of rotatable bonds is 7. The molecule has 5 nitrogen and oxygen atoms in total. The quantitative estimate of drug-likeness (QED) is 0.521. The first kappa shape index (κ1) is 17.5. The molecule has 0 saturated heterocycles. The van der Waals surface area contributed by atoms with Gasteiger partial charge in [0.2, 0.25) is 5.78 Å². The molecule has 0 aliphatic rings. The molecule has 0 atom stereocenters. The van der Waals surface area contributed by atoms with Crippen molar-refractivity contribution >= 4 is 39.0 Å². The Morgan fingerprint density at radius 2 is 1.96 bits per heavy atom. The summed E-state index contributed by atoms with van der Waals surface area (Å²) in [5.74, 6) is 0.158. The van der Waals surface area contributed by atoms with Crippen LogP contribution in [0, 0.1) is 0 Å². The lowest BCUT2D eigenvalue weighted by Gasteiger charge is -2.10. The van der Waals surface area contributed by atoms with Crippen LogP contribution in [0.15, 0.2) is 34.1 Å². The number of methoxy groups -OCH3 is 1. The van der Waals surface area contributed by atoms with E-state index in [1.807, 2.05) is 6.92 Å². The molecular weight excluding hydrogens is 384 g/mol. The van der Waals surface area contributed by atoms with Gasteiger partial charge < -0.3 is 14.2 Å². The highest BCUT2D eigenvalue weighted by atomic mass is 79.9. The van der Waals surface area contributed by atoms with Gasteiger partial charge in [0.15, 0.2) is 18.1 Å². The van der Waals surface area contributed by atoms with Crippen molar-refractivity contribution < 1.29 is 23.8 Å². The van der Waals surface area contributed by atoms with Gasteiger partial charge in [-0.3, -0.25) is 4.79 Å². The summed E-state index contributed by atoms with van der Waals surface area (Å²) < 4.78 is 16.5. The monoisotopic (exact) mass is 398 g/mol. The van der Waals surface area contributed by atoms with Gasteiger partial charge >= 0.3 is 5.97 Å². The van der Waals surface area contributed by atoms with E-state index >= 15 is 0 Å². The normalized spacial score (nSPS) is 10.2. The van der Waals surface area contributed by atoms with Crippen LogP contribution in [0.1, 0.15) is 27.0 Å². The Kier molecular flexibility index (Phi) is 6.18. The average molecular weight is 399 g/mol. The molecule has 0 bridgehead atoms. The summed E-state index contributed by atoms with van der Waals surface area (Å²) in [5, 5.41) is 0. The molecule has 1 aromatic carbocycles. The maximum Gasteiger partial charge on any atom is 0.338 e. The van der Waals surface area contributed by atoms with Crippen molar-refractivity contribution in [1.29, 1.82) is 0 Å². The second-order valence-electron chi connectivity index (χ2n) is 4.40. The molecule has 23 heavy (non-hydrogen) atoms. The van der Waals surface area contributed by atoms with Crippen LogP contribution in [-0.2, 0) is 4.74 Å². The SMILES string of the molecule is CCOc1cc(C(=O)OCC(=O)c2ccc(Br)s2)ccc1OC. The number of thiophene rings is 1. The minimum atomic E-state index is -0.586. The van der Waals surface area contributed by atoms with Gasteiger partial charge in [-0.1, -0.05) is 0 Å². The molecule has 2 rings (SSSR count). The second kappa shape index (κ2) is 8.12. The van der Waals surface area contributed by atoms with Gasteiger partial charge in [-0.2, -0.15) is 0 Å². The van der Waals surface area contributed by atoms with E-state index in [0.717, 1.165) is 3.79 Å². The van der Waals surface area contributed by atoms with Crippen LogP contribution in [0.5, 0.6) is 11.5 Å². The zero-order chi connectivity index (χ0) is 16.8. The third-order valence-corrected chi connectivity index (χ3v) is 4.55. The number of ketones is 1. The van der Waals surface area contributed by atoms with Crippen molar-refractivity contribution in [2.24, 2.45) is 0 Å². The number of esters is 1. The number of carbonyl (C=O) groups is 2. The van der Waals surface area contributed by atoms with Crippen LogP contribution in [-0.4, -0.2) is 32.1 Å². The van der Waals surface area contributed by atoms with Crippen molar-refractivity contribution in [1.82, 2.24) is 0 Å². The molecule has 0 N–H and O–H groups in total. The van der Waals surface area contributed by atoms with Gasteiger partial charge in [0.1, 0.15) is 0 Å². The number of carbonyl (C=O) groups excluding carboxylic acids is 2. The Balaban J connectivity index is 2.03. The van der Waals surface area contributed by atoms with Crippen molar-refractivity contribution in [2.75, 3.05) is 20.3 Å². The molecule has 0 saturated carbocycles. The fourth-order valence-corrected chi connectivity index (χ4v) is 3.13. The number of hydrogen-bond donors (Lipinski definition) is 0. The number of ether oxygens (including phenoxy) is 3. The van der Waals surface area contributed by atoms with Gasteiger partial charge in [-0.15, -0.1) is 11.3 Å². The summed E-state index contributed by atoms with van der Waals surface area (Å²) >= 11 is 4.58. The van der Waals surface area contributed by atoms with E-state index in [1.165, 1.54) is 24.5 Å². The van der Waals surface area contributed by atoms with Gasteiger partial charge in [0, 0.05) is 0 Å². The molecule has 0 amide bonds. The first-order valence-corrected chi connectivity index (χ1v) is 8.42. The van der Waals surface area contributed by atoms with E-state index in [2.05, 4.69) is 15.9 Å². The molecule has 1 heterocycles. The molecule has 7 heteroatoms. The topological polar surface area (TPSA) is 61.8 Å². The predicted octanol–water partition coefficient (Wildman–Crippen LogP) is 3.96. The van der Waals surface area contributed by atoms with Crippen LogP contribution in [0.2, 0.25) is 0 Å². The van der Waals surface area contributed by atoms with E-state index in [9.17, 15) is 9.59 Å². The fourth-order valence-electron chi connectivity index (χ4n) is 1.82. The molecular formula is C16H15BrO5S. The van der Waals surface area contributed by atoms with Crippen molar-refractivity contribution in [3.05, 3.63) is 44.6 Å². The highest BCUT2D eigenvalue weighted by molar-refractivity contribution is 9.11. The summed E-state index contributed by atoms with van der Waals surface area (Å²) in [7, 11) is 1.52. The zero-order valence-electron chi connectivity index (χ0n) is 12.6. The molecule has 0 fully saturated rings. The van der Waals surface area contributed by atoms with Crippen molar-refractivity contribution in [3.8, 4) is 11.5 Å². The zero-order valence-corrected chi connectivity index (χ0v) is 15.0. The maximum atomic E-state index is 12.1. The Hall–Kier alpha value is -1.86. The lowest BCUT2D eigenvalue weighted by Crippen LogP contribution is -2.13. The highest BCUT2D eigenvalue weighted by Gasteiger charge is 2.15. The van der Waals surface area contributed by atoms with E-state index in [0.29, 0.717) is 28.5 Å². The number of hydrogen-bond acceptors (Lipinski definition) is 6. The number of benzene rings is 1. The van der Waals surface area contributed by atoms with Crippen LogP contribution in [0.25, 0.3) is 0 Å². The van der Waals surface area contributed by atoms with E-state index in [1.54, 1.807) is 24.3 Å². The first-order chi connectivity index (χ1) is 11.0. The lowest BCUT2D eigenvalue weighted by molar-refractivity contribution is 0.0475. The van der Waals surface area contributed by atoms with Crippen molar-refractivity contribution in [3.63, 3.8) is 0 Å². The molecule has 0 aliphatic heterocycles. The molecule has 0 radical (unpaired) electrons. The fraction of sp³-hybridized carbons (Fsp3) is 0.250. The minimum absolute atomic E-state index is 0.243. The third kappa shape index (κ3) is 4.56. The smallest absolute Gasteiger partial charge is 0.338 e. The first-order valence-electron chi connectivity index (χ1n) is 6.81.